The number of carbonyl (C=O) groups excluding carboxylic acids is 1. The molecule has 0 heterocycles. The fraction of sp³-hybridized carbons (Fsp3) is 0. The molecule has 2 aromatic rings. The van der Waals surface area contributed by atoms with Crippen LogP contribution in [0, 0.1) is 0 Å². The summed E-state index contributed by atoms with van der Waals surface area (Å²) in [5, 5.41) is -0.0326. The largest absolute Gasteiger partial charge is 1.00 e. The molecule has 2 aromatic carbocycles. The van der Waals surface area contributed by atoms with E-state index in [-0.39, 0.29) is 47.3 Å². The molecule has 0 bridgehead atoms. The van der Waals surface area contributed by atoms with Crippen LogP contribution in [0.15, 0.2) is 40.1 Å². The standard InChI is InChI=1S/C11H8O7S2.Na.H/c12-6-7-5-10(19(13,14)15)11(20(16,17)18)9-4-2-1-3-8(7)9;;/h1-6H,(H,13,14,15)(H,16,17,18);;/q;+1;-1. The summed E-state index contributed by atoms with van der Waals surface area (Å²) in [7, 11) is -9.86. The van der Waals surface area contributed by atoms with Crippen molar-refractivity contribution in [3.05, 3.63) is 35.9 Å². The van der Waals surface area contributed by atoms with Gasteiger partial charge in [-0.3, -0.25) is 13.9 Å². The van der Waals surface area contributed by atoms with Crippen LogP contribution in [0.4, 0.5) is 0 Å². The maximum Gasteiger partial charge on any atom is 1.00 e. The van der Waals surface area contributed by atoms with Gasteiger partial charge in [-0.1, -0.05) is 24.3 Å². The number of rotatable bonds is 3. The second-order valence-electron chi connectivity index (χ2n) is 3.91. The van der Waals surface area contributed by atoms with Crippen LogP contribution in [-0.2, 0) is 20.2 Å². The van der Waals surface area contributed by atoms with Crippen molar-refractivity contribution in [1.82, 2.24) is 0 Å². The molecule has 2 rings (SSSR count). The molecule has 0 saturated carbocycles. The minimum Gasteiger partial charge on any atom is -1.00 e. The average molecular weight is 340 g/mol. The summed E-state index contributed by atoms with van der Waals surface area (Å²) >= 11 is 0. The van der Waals surface area contributed by atoms with E-state index in [0.29, 0.717) is 12.4 Å². The number of fused-ring (bicyclic) bond motifs is 1. The number of benzene rings is 2. The molecule has 7 nitrogen and oxygen atoms in total. The second-order valence-corrected chi connectivity index (χ2v) is 6.65. The van der Waals surface area contributed by atoms with Gasteiger partial charge in [0.2, 0.25) is 0 Å². The molecule has 10 heteroatoms. The van der Waals surface area contributed by atoms with E-state index in [1.807, 2.05) is 0 Å². The van der Waals surface area contributed by atoms with E-state index in [4.69, 9.17) is 4.55 Å². The first-order valence-electron chi connectivity index (χ1n) is 5.12. The number of hydrogen-bond acceptors (Lipinski definition) is 5. The summed E-state index contributed by atoms with van der Waals surface area (Å²) in [5.41, 5.74) is -0.124. The van der Waals surface area contributed by atoms with Crippen LogP contribution in [0.2, 0.25) is 0 Å². The van der Waals surface area contributed by atoms with Crippen molar-refractivity contribution in [2.24, 2.45) is 0 Å². The van der Waals surface area contributed by atoms with E-state index >= 15 is 0 Å². The fourth-order valence-corrected chi connectivity index (χ4v) is 3.93. The Morgan fingerprint density at radius 3 is 1.90 bits per heavy atom. The first-order valence-corrected chi connectivity index (χ1v) is 8.00. The van der Waals surface area contributed by atoms with Crippen LogP contribution in [0.3, 0.4) is 0 Å². The van der Waals surface area contributed by atoms with Gasteiger partial charge < -0.3 is 1.43 Å². The summed E-state index contributed by atoms with van der Waals surface area (Å²) < 4.78 is 63.7. The molecule has 0 fully saturated rings. The van der Waals surface area contributed by atoms with E-state index in [1.54, 1.807) is 0 Å². The van der Waals surface area contributed by atoms with Crippen molar-refractivity contribution < 1.29 is 61.7 Å². The SMILES string of the molecule is O=Cc1cc(S(=O)(=O)O)c(S(=O)(=O)O)c2ccccc12.[H-].[Na+]. The zero-order chi connectivity index (χ0) is 15.1. The van der Waals surface area contributed by atoms with Gasteiger partial charge in [-0.15, -0.1) is 0 Å². The van der Waals surface area contributed by atoms with Crippen LogP contribution < -0.4 is 29.6 Å². The van der Waals surface area contributed by atoms with Crippen LogP contribution in [0.5, 0.6) is 0 Å². The Morgan fingerprint density at radius 2 is 1.48 bits per heavy atom. The summed E-state index contributed by atoms with van der Waals surface area (Å²) in [5.74, 6) is 0. The van der Waals surface area contributed by atoms with Gasteiger partial charge in [-0.2, -0.15) is 16.8 Å². The Balaban J connectivity index is 0.00000220. The second kappa shape index (κ2) is 6.13. The van der Waals surface area contributed by atoms with Crippen molar-refractivity contribution >= 4 is 37.3 Å². The molecule has 0 aliphatic carbocycles. The van der Waals surface area contributed by atoms with Gasteiger partial charge in [0.1, 0.15) is 9.79 Å². The molecule has 0 amide bonds. The Kier molecular flexibility index (Phi) is 5.32. The minimum absolute atomic E-state index is 0. The van der Waals surface area contributed by atoms with Crippen LogP contribution in [0.1, 0.15) is 11.8 Å². The van der Waals surface area contributed by atoms with Crippen molar-refractivity contribution in [3.63, 3.8) is 0 Å². The maximum atomic E-state index is 11.4. The van der Waals surface area contributed by atoms with Crippen LogP contribution in [-0.4, -0.2) is 32.2 Å². The Morgan fingerprint density at radius 1 is 0.952 bits per heavy atom. The van der Waals surface area contributed by atoms with Gasteiger partial charge in [-0.25, -0.2) is 0 Å². The number of carbonyl (C=O) groups is 1. The van der Waals surface area contributed by atoms with Gasteiger partial charge in [-0.05, 0) is 11.5 Å². The predicted molar refractivity (Wildman–Crippen MR) is 70.1 cm³/mol. The summed E-state index contributed by atoms with van der Waals surface area (Å²) in [6.45, 7) is 0. The monoisotopic (exact) mass is 340 g/mol. The molecule has 2 N–H and O–H groups in total. The van der Waals surface area contributed by atoms with Gasteiger partial charge in [0.25, 0.3) is 20.2 Å². The van der Waals surface area contributed by atoms with Crippen molar-refractivity contribution in [1.29, 1.82) is 0 Å². The first kappa shape index (κ1) is 18.2. The molecule has 0 aliphatic rings. The van der Waals surface area contributed by atoms with E-state index < -0.39 is 30.0 Å². The van der Waals surface area contributed by atoms with Crippen LogP contribution >= 0.6 is 0 Å². The number of hydrogen-bond donors (Lipinski definition) is 2. The summed E-state index contributed by atoms with van der Waals surface area (Å²) in [6.07, 6.45) is 0.324. The molecule has 0 aromatic heterocycles. The quantitative estimate of drug-likeness (QED) is 0.386. The Bertz CT molecular complexity index is 923. The fourth-order valence-electron chi connectivity index (χ4n) is 1.91. The van der Waals surface area contributed by atoms with Crippen molar-refractivity contribution in [2.75, 3.05) is 0 Å². The van der Waals surface area contributed by atoms with Gasteiger partial charge in [0.15, 0.2) is 6.29 Å². The topological polar surface area (TPSA) is 126 Å². The van der Waals surface area contributed by atoms with E-state index in [9.17, 15) is 26.2 Å². The average Bonchev–Trinajstić information content (AvgIpc) is 2.34. The molecule has 21 heavy (non-hydrogen) atoms. The van der Waals surface area contributed by atoms with Gasteiger partial charge in [0, 0.05) is 10.9 Å². The smallest absolute Gasteiger partial charge is 1.00 e. The van der Waals surface area contributed by atoms with Crippen molar-refractivity contribution in [2.45, 2.75) is 9.79 Å². The van der Waals surface area contributed by atoms with E-state index in [1.165, 1.54) is 24.3 Å². The predicted octanol–water partition coefficient (Wildman–Crippen LogP) is -1.74. The molecule has 0 radical (unpaired) electrons. The zero-order valence-electron chi connectivity index (χ0n) is 11.7. The normalized spacial score (nSPS) is 11.9. The third kappa shape index (κ3) is 3.51. The molecule has 0 saturated heterocycles. The molecular formula is C11H9NaO7S2. The molecule has 0 spiro atoms. The summed E-state index contributed by atoms with van der Waals surface area (Å²) in [6, 6.07) is 6.23. The Labute approximate surface area is 144 Å². The minimum atomic E-state index is -4.94. The van der Waals surface area contributed by atoms with E-state index in [0.717, 1.165) is 0 Å². The molecule has 108 valence electrons. The third-order valence-electron chi connectivity index (χ3n) is 2.66. The van der Waals surface area contributed by atoms with Gasteiger partial charge in [0.05, 0.1) is 0 Å². The third-order valence-corrected chi connectivity index (χ3v) is 4.62. The summed E-state index contributed by atoms with van der Waals surface area (Å²) in [4.78, 5) is 8.97. The molecule has 0 unspecified atom stereocenters. The maximum absolute atomic E-state index is 11.4. The molecule has 0 atom stereocenters. The van der Waals surface area contributed by atoms with Crippen LogP contribution in [0.25, 0.3) is 10.8 Å². The van der Waals surface area contributed by atoms with E-state index in [2.05, 4.69) is 0 Å². The first-order chi connectivity index (χ1) is 9.16. The zero-order valence-corrected chi connectivity index (χ0v) is 14.3. The molecular weight excluding hydrogens is 331 g/mol. The van der Waals surface area contributed by atoms with Gasteiger partial charge >= 0.3 is 29.6 Å². The number of aldehydes is 1. The Hall–Kier alpha value is -0.810. The van der Waals surface area contributed by atoms with Crippen molar-refractivity contribution in [3.8, 4) is 0 Å². The molecule has 0 aliphatic heterocycles.